The van der Waals surface area contributed by atoms with E-state index in [0.717, 1.165) is 33.5 Å². The molecule has 0 radical (unpaired) electrons. The number of carbonyl (C=O) groups is 1. The number of aromatic nitrogens is 1. The predicted octanol–water partition coefficient (Wildman–Crippen LogP) is 5.24. The molecule has 0 aliphatic rings. The lowest BCUT2D eigenvalue weighted by atomic mass is 9.98. The Labute approximate surface area is 154 Å². The third-order valence-electron chi connectivity index (χ3n) is 4.62. The summed E-state index contributed by atoms with van der Waals surface area (Å²) < 4.78 is 5.28. The van der Waals surface area contributed by atoms with Crippen molar-refractivity contribution in [1.82, 2.24) is 4.98 Å². The van der Waals surface area contributed by atoms with Gasteiger partial charge in [-0.25, -0.2) is 0 Å². The molecule has 0 saturated carbocycles. The van der Waals surface area contributed by atoms with Gasteiger partial charge in [-0.2, -0.15) is 0 Å². The van der Waals surface area contributed by atoms with Crippen LogP contribution in [0.4, 0.5) is 5.69 Å². The summed E-state index contributed by atoms with van der Waals surface area (Å²) in [6.07, 6.45) is 0. The van der Waals surface area contributed by atoms with Crippen LogP contribution in [0, 0.1) is 13.8 Å². The minimum atomic E-state index is -0.143. The number of fused-ring (bicyclic) bond motifs is 1. The topological polar surface area (TPSA) is 51.2 Å². The lowest BCUT2D eigenvalue weighted by Gasteiger charge is -2.17. The van der Waals surface area contributed by atoms with E-state index in [2.05, 4.69) is 30.2 Å². The van der Waals surface area contributed by atoms with Crippen molar-refractivity contribution in [2.75, 3.05) is 12.4 Å². The van der Waals surface area contributed by atoms with Crippen LogP contribution in [-0.2, 0) is 0 Å². The Bertz CT molecular complexity index is 977. The predicted molar refractivity (Wildman–Crippen MR) is 106 cm³/mol. The highest BCUT2D eigenvalue weighted by Gasteiger charge is 2.16. The van der Waals surface area contributed by atoms with Gasteiger partial charge in [0.05, 0.1) is 23.9 Å². The zero-order valence-corrected chi connectivity index (χ0v) is 15.9. The van der Waals surface area contributed by atoms with Crippen molar-refractivity contribution in [2.45, 2.75) is 33.6 Å². The first-order valence-electron chi connectivity index (χ1n) is 8.77. The number of rotatable bonds is 4. The molecule has 0 aliphatic carbocycles. The van der Waals surface area contributed by atoms with Gasteiger partial charge in [0.1, 0.15) is 5.75 Å². The van der Waals surface area contributed by atoms with E-state index in [0.29, 0.717) is 17.2 Å². The first kappa shape index (κ1) is 17.9. The van der Waals surface area contributed by atoms with Crippen LogP contribution in [0.15, 0.2) is 42.5 Å². The van der Waals surface area contributed by atoms with E-state index < -0.39 is 0 Å². The van der Waals surface area contributed by atoms with Crippen LogP contribution < -0.4 is 10.1 Å². The lowest BCUT2D eigenvalue weighted by molar-refractivity contribution is 0.102. The van der Waals surface area contributed by atoms with Crippen LogP contribution in [0.3, 0.4) is 0 Å². The second-order valence-corrected chi connectivity index (χ2v) is 6.83. The van der Waals surface area contributed by atoms with Crippen molar-refractivity contribution >= 4 is 22.5 Å². The minimum absolute atomic E-state index is 0.143. The third-order valence-corrected chi connectivity index (χ3v) is 4.62. The highest BCUT2D eigenvalue weighted by Crippen LogP contribution is 2.28. The van der Waals surface area contributed by atoms with E-state index in [1.165, 1.54) is 0 Å². The zero-order chi connectivity index (χ0) is 18.8. The fraction of sp³-hybridized carbons (Fsp3) is 0.273. The van der Waals surface area contributed by atoms with Crippen LogP contribution in [0.1, 0.15) is 46.9 Å². The van der Waals surface area contributed by atoms with Gasteiger partial charge in [0, 0.05) is 11.1 Å². The van der Waals surface area contributed by atoms with Crippen molar-refractivity contribution in [3.05, 3.63) is 64.8 Å². The highest BCUT2D eigenvalue weighted by atomic mass is 16.5. The number of nitrogens with zero attached hydrogens (tertiary/aromatic N) is 1. The standard InChI is InChI=1S/C22H24N2O2/c1-13(2)18-8-6-7-14(3)21(18)24-22(25)19-12-16-11-17(26-5)9-10-20(16)23-15(19)4/h6-13H,1-5H3,(H,24,25). The summed E-state index contributed by atoms with van der Waals surface area (Å²) in [4.78, 5) is 17.6. The number of carbonyl (C=O) groups excluding carboxylic acids is 1. The average Bonchev–Trinajstić information content (AvgIpc) is 2.62. The number of anilines is 1. The normalized spacial score (nSPS) is 11.0. The smallest absolute Gasteiger partial charge is 0.257 e. The summed E-state index contributed by atoms with van der Waals surface area (Å²) in [7, 11) is 1.63. The number of pyridine rings is 1. The summed E-state index contributed by atoms with van der Waals surface area (Å²) in [5, 5.41) is 3.98. The molecule has 1 heterocycles. The maximum absolute atomic E-state index is 13.0. The van der Waals surface area contributed by atoms with Crippen LogP contribution in [0.5, 0.6) is 5.75 Å². The number of nitrogens with one attached hydrogen (secondary N) is 1. The number of aryl methyl sites for hydroxylation is 2. The summed E-state index contributed by atoms with van der Waals surface area (Å²) in [5.74, 6) is 0.928. The molecule has 0 saturated heterocycles. The van der Waals surface area contributed by atoms with Crippen LogP contribution >= 0.6 is 0 Å². The first-order valence-corrected chi connectivity index (χ1v) is 8.77. The Morgan fingerprint density at radius 1 is 1.12 bits per heavy atom. The molecule has 4 heteroatoms. The fourth-order valence-corrected chi connectivity index (χ4v) is 3.13. The van der Waals surface area contributed by atoms with Gasteiger partial charge in [0.15, 0.2) is 0 Å². The van der Waals surface area contributed by atoms with Crippen molar-refractivity contribution in [3.8, 4) is 5.75 Å². The molecule has 0 atom stereocenters. The number of hydrogen-bond donors (Lipinski definition) is 1. The zero-order valence-electron chi connectivity index (χ0n) is 15.9. The van der Waals surface area contributed by atoms with Crippen LogP contribution in [-0.4, -0.2) is 18.0 Å². The Hall–Kier alpha value is -2.88. The first-order chi connectivity index (χ1) is 12.4. The molecule has 0 unspecified atom stereocenters. The fourth-order valence-electron chi connectivity index (χ4n) is 3.13. The Kier molecular flexibility index (Phi) is 4.94. The molecule has 0 spiro atoms. The summed E-state index contributed by atoms with van der Waals surface area (Å²) >= 11 is 0. The molecule has 4 nitrogen and oxygen atoms in total. The molecule has 1 N–H and O–H groups in total. The molecule has 0 bridgehead atoms. The van der Waals surface area contributed by atoms with Gasteiger partial charge < -0.3 is 10.1 Å². The Morgan fingerprint density at radius 2 is 1.88 bits per heavy atom. The third kappa shape index (κ3) is 3.40. The van der Waals surface area contributed by atoms with Crippen molar-refractivity contribution in [1.29, 1.82) is 0 Å². The highest BCUT2D eigenvalue weighted by molar-refractivity contribution is 6.07. The lowest BCUT2D eigenvalue weighted by Crippen LogP contribution is -2.16. The quantitative estimate of drug-likeness (QED) is 0.702. The molecule has 134 valence electrons. The largest absolute Gasteiger partial charge is 0.497 e. The number of benzene rings is 2. The maximum atomic E-state index is 13.0. The molecule has 1 amide bonds. The Balaban J connectivity index is 2.02. The van der Waals surface area contributed by atoms with Crippen molar-refractivity contribution < 1.29 is 9.53 Å². The van der Waals surface area contributed by atoms with E-state index in [4.69, 9.17) is 4.74 Å². The molecular weight excluding hydrogens is 324 g/mol. The molecule has 3 rings (SSSR count). The van der Waals surface area contributed by atoms with Gasteiger partial charge >= 0.3 is 0 Å². The molecule has 0 fully saturated rings. The minimum Gasteiger partial charge on any atom is -0.497 e. The molecular formula is C22H24N2O2. The molecule has 0 aliphatic heterocycles. The number of ether oxygens (including phenoxy) is 1. The van der Waals surface area contributed by atoms with E-state index >= 15 is 0 Å². The number of hydrogen-bond acceptors (Lipinski definition) is 3. The summed E-state index contributed by atoms with van der Waals surface area (Å²) in [5.41, 5.74) is 5.20. The van der Waals surface area contributed by atoms with Crippen LogP contribution in [0.2, 0.25) is 0 Å². The average molecular weight is 348 g/mol. The number of amides is 1. The SMILES string of the molecule is COc1ccc2nc(C)c(C(=O)Nc3c(C)cccc3C(C)C)cc2c1. The van der Waals surface area contributed by atoms with Crippen LogP contribution in [0.25, 0.3) is 10.9 Å². The van der Waals surface area contributed by atoms with E-state index in [9.17, 15) is 4.79 Å². The Morgan fingerprint density at radius 3 is 2.58 bits per heavy atom. The molecule has 26 heavy (non-hydrogen) atoms. The van der Waals surface area contributed by atoms with E-state index in [1.807, 2.05) is 50.2 Å². The molecule has 2 aromatic carbocycles. The van der Waals surface area contributed by atoms with Gasteiger partial charge in [0.25, 0.3) is 5.91 Å². The summed E-state index contributed by atoms with van der Waals surface area (Å²) in [6, 6.07) is 13.6. The molecule has 3 aromatic rings. The monoisotopic (exact) mass is 348 g/mol. The van der Waals surface area contributed by atoms with E-state index in [-0.39, 0.29) is 5.91 Å². The second-order valence-electron chi connectivity index (χ2n) is 6.83. The maximum Gasteiger partial charge on any atom is 0.257 e. The molecule has 1 aromatic heterocycles. The number of para-hydroxylation sites is 1. The summed E-state index contributed by atoms with van der Waals surface area (Å²) in [6.45, 7) is 8.12. The van der Waals surface area contributed by atoms with Gasteiger partial charge in [-0.05, 0) is 55.2 Å². The number of methoxy groups -OCH3 is 1. The second kappa shape index (κ2) is 7.16. The van der Waals surface area contributed by atoms with Gasteiger partial charge in [0.2, 0.25) is 0 Å². The van der Waals surface area contributed by atoms with Gasteiger partial charge in [-0.15, -0.1) is 0 Å². The van der Waals surface area contributed by atoms with Gasteiger partial charge in [-0.1, -0.05) is 32.0 Å². The van der Waals surface area contributed by atoms with Crippen molar-refractivity contribution in [2.24, 2.45) is 0 Å². The van der Waals surface area contributed by atoms with E-state index in [1.54, 1.807) is 7.11 Å². The van der Waals surface area contributed by atoms with Crippen molar-refractivity contribution in [3.63, 3.8) is 0 Å². The van der Waals surface area contributed by atoms with Gasteiger partial charge in [-0.3, -0.25) is 9.78 Å².